The maximum Gasteiger partial charge on any atom is 0.254 e. The van der Waals surface area contributed by atoms with Crippen LogP contribution in [-0.2, 0) is 0 Å². The van der Waals surface area contributed by atoms with Crippen LogP contribution in [0.5, 0.6) is 11.5 Å². The molecule has 1 amide bonds. The number of thioether (sulfide) groups is 1. The maximum atomic E-state index is 12.6. The number of carbonyl (C=O) groups excluding carboxylic acids is 1. The molecule has 0 bridgehead atoms. The summed E-state index contributed by atoms with van der Waals surface area (Å²) >= 11 is 1.28. The molecule has 0 saturated heterocycles. The lowest BCUT2D eigenvalue weighted by Crippen LogP contribution is -2.30. The second-order valence-electron chi connectivity index (χ2n) is 4.57. The third-order valence-corrected chi connectivity index (χ3v) is 3.92. The molecular formula is C16H22N4O3S. The van der Waals surface area contributed by atoms with Crippen molar-refractivity contribution in [2.45, 2.75) is 13.8 Å². The van der Waals surface area contributed by atoms with Gasteiger partial charge in [-0.25, -0.2) is 4.99 Å². The van der Waals surface area contributed by atoms with E-state index in [1.165, 1.54) is 26.0 Å². The Hall–Kier alpha value is -2.40. The van der Waals surface area contributed by atoms with Crippen LogP contribution < -0.4 is 14.8 Å². The number of amidine groups is 1. The van der Waals surface area contributed by atoms with Gasteiger partial charge in [0.15, 0.2) is 22.9 Å². The van der Waals surface area contributed by atoms with Crippen molar-refractivity contribution >= 4 is 28.5 Å². The lowest BCUT2D eigenvalue weighted by Gasteiger charge is -2.20. The molecule has 1 aromatic carbocycles. The number of methoxy groups -OCH3 is 2. The number of nitrogens with zero attached hydrogens (tertiary/aromatic N) is 3. The minimum Gasteiger partial charge on any atom is -0.493 e. The van der Waals surface area contributed by atoms with Crippen LogP contribution in [-0.4, -0.2) is 49.5 Å². The summed E-state index contributed by atoms with van der Waals surface area (Å²) in [7, 11) is 3.00. The Balaban J connectivity index is 3.48. The number of amides is 1. The van der Waals surface area contributed by atoms with Gasteiger partial charge in [-0.2, -0.15) is 5.26 Å². The van der Waals surface area contributed by atoms with Crippen LogP contribution in [0.1, 0.15) is 24.2 Å². The summed E-state index contributed by atoms with van der Waals surface area (Å²) in [6.07, 6.45) is 3.62. The standard InChI is InChI=1S/C16H22N4O3S/c1-6-20(7-2)15(21)11-8-12(19-16(24-5)18-10-17)14(23-4)13(9-11)22-3/h8-9H,6-7H2,1-5H3,(H,18,19). The third kappa shape index (κ3) is 4.55. The molecule has 0 aliphatic heterocycles. The first-order valence-electron chi connectivity index (χ1n) is 7.39. The SMILES string of the molecule is CCN(CC)C(=O)c1cc(N=C(NC#N)SC)c(OC)c(OC)c1. The summed E-state index contributed by atoms with van der Waals surface area (Å²) in [5, 5.41) is 11.7. The number of ether oxygens (including phenoxy) is 2. The van der Waals surface area contributed by atoms with Gasteiger partial charge in [-0.15, -0.1) is 0 Å². The Bertz CT molecular complexity index is 651. The van der Waals surface area contributed by atoms with Crippen LogP contribution >= 0.6 is 11.8 Å². The zero-order valence-electron chi connectivity index (χ0n) is 14.5. The Morgan fingerprint density at radius 1 is 1.33 bits per heavy atom. The fourth-order valence-corrected chi connectivity index (χ4v) is 2.46. The molecule has 0 saturated carbocycles. The van der Waals surface area contributed by atoms with Gasteiger partial charge in [0, 0.05) is 18.7 Å². The molecule has 0 unspecified atom stereocenters. The highest BCUT2D eigenvalue weighted by molar-refractivity contribution is 8.13. The molecular weight excluding hydrogens is 328 g/mol. The Kier molecular flexibility index (Phi) is 7.92. The molecule has 0 aliphatic carbocycles. The van der Waals surface area contributed by atoms with E-state index < -0.39 is 0 Å². The van der Waals surface area contributed by atoms with Gasteiger partial charge < -0.3 is 14.4 Å². The van der Waals surface area contributed by atoms with Crippen LogP contribution in [0.15, 0.2) is 17.1 Å². The zero-order chi connectivity index (χ0) is 18.1. The van der Waals surface area contributed by atoms with Crippen molar-refractivity contribution in [3.8, 4) is 17.7 Å². The molecule has 1 N–H and O–H groups in total. The van der Waals surface area contributed by atoms with E-state index in [0.717, 1.165) is 0 Å². The summed E-state index contributed by atoms with van der Waals surface area (Å²) < 4.78 is 10.7. The molecule has 24 heavy (non-hydrogen) atoms. The zero-order valence-corrected chi connectivity index (χ0v) is 15.4. The summed E-state index contributed by atoms with van der Waals surface area (Å²) in [6, 6.07) is 3.27. The van der Waals surface area contributed by atoms with Gasteiger partial charge in [0.1, 0.15) is 5.69 Å². The van der Waals surface area contributed by atoms with Gasteiger partial charge in [0.2, 0.25) is 0 Å². The molecule has 0 spiro atoms. The van der Waals surface area contributed by atoms with Gasteiger partial charge in [0.25, 0.3) is 5.91 Å². The normalized spacial score (nSPS) is 10.8. The van der Waals surface area contributed by atoms with E-state index >= 15 is 0 Å². The largest absolute Gasteiger partial charge is 0.493 e. The summed E-state index contributed by atoms with van der Waals surface area (Å²) in [5.41, 5.74) is 0.868. The van der Waals surface area contributed by atoms with Gasteiger partial charge in [-0.3, -0.25) is 10.1 Å². The Morgan fingerprint density at radius 2 is 2.00 bits per heavy atom. The van der Waals surface area contributed by atoms with E-state index in [-0.39, 0.29) is 5.91 Å². The van der Waals surface area contributed by atoms with E-state index in [1.807, 2.05) is 20.0 Å². The second kappa shape index (κ2) is 9.67. The smallest absolute Gasteiger partial charge is 0.254 e. The number of hydrogen-bond acceptors (Lipinski definition) is 6. The van der Waals surface area contributed by atoms with Gasteiger partial charge in [0.05, 0.1) is 14.2 Å². The maximum absolute atomic E-state index is 12.6. The summed E-state index contributed by atoms with van der Waals surface area (Å²) in [4.78, 5) is 18.7. The first-order valence-corrected chi connectivity index (χ1v) is 8.61. The quantitative estimate of drug-likeness (QED) is 0.367. The van der Waals surface area contributed by atoms with Gasteiger partial charge >= 0.3 is 0 Å². The minimum absolute atomic E-state index is 0.114. The van der Waals surface area contributed by atoms with Crippen molar-refractivity contribution in [2.75, 3.05) is 33.6 Å². The topological polar surface area (TPSA) is 87.0 Å². The third-order valence-electron chi connectivity index (χ3n) is 3.34. The minimum atomic E-state index is -0.114. The Morgan fingerprint density at radius 3 is 2.46 bits per heavy atom. The van der Waals surface area contributed by atoms with E-state index in [2.05, 4.69) is 10.3 Å². The number of hydrogen-bond donors (Lipinski definition) is 1. The first-order chi connectivity index (χ1) is 11.6. The fourth-order valence-electron chi connectivity index (χ4n) is 2.13. The predicted molar refractivity (Wildman–Crippen MR) is 96.2 cm³/mol. The van der Waals surface area contributed by atoms with Crippen LogP contribution in [0.4, 0.5) is 5.69 Å². The number of carbonyl (C=O) groups is 1. The van der Waals surface area contributed by atoms with Crippen molar-refractivity contribution in [3.63, 3.8) is 0 Å². The summed E-state index contributed by atoms with van der Waals surface area (Å²) in [6.45, 7) is 5.05. The van der Waals surface area contributed by atoms with E-state index in [4.69, 9.17) is 14.7 Å². The number of rotatable bonds is 6. The lowest BCUT2D eigenvalue weighted by atomic mass is 10.1. The molecule has 0 aromatic heterocycles. The molecule has 0 fully saturated rings. The van der Waals surface area contributed by atoms with E-state index in [9.17, 15) is 4.79 Å². The molecule has 1 rings (SSSR count). The Labute approximate surface area is 146 Å². The van der Waals surface area contributed by atoms with E-state index in [1.54, 1.807) is 23.3 Å². The number of nitrogens with one attached hydrogen (secondary N) is 1. The van der Waals surface area contributed by atoms with Crippen LogP contribution in [0.3, 0.4) is 0 Å². The number of benzene rings is 1. The first kappa shape index (κ1) is 19.6. The van der Waals surface area contributed by atoms with Gasteiger partial charge in [-0.1, -0.05) is 11.8 Å². The van der Waals surface area contributed by atoms with Crippen molar-refractivity contribution in [1.82, 2.24) is 10.2 Å². The van der Waals surface area contributed by atoms with Crippen molar-refractivity contribution in [3.05, 3.63) is 17.7 Å². The highest BCUT2D eigenvalue weighted by atomic mass is 32.2. The molecule has 1 aromatic rings. The van der Waals surface area contributed by atoms with Crippen LogP contribution in [0.25, 0.3) is 0 Å². The van der Waals surface area contributed by atoms with E-state index in [0.29, 0.717) is 41.0 Å². The highest BCUT2D eigenvalue weighted by Crippen LogP contribution is 2.39. The van der Waals surface area contributed by atoms with Crippen LogP contribution in [0, 0.1) is 11.5 Å². The highest BCUT2D eigenvalue weighted by Gasteiger charge is 2.19. The lowest BCUT2D eigenvalue weighted by molar-refractivity contribution is 0.0772. The molecule has 8 heteroatoms. The average molecular weight is 350 g/mol. The average Bonchev–Trinajstić information content (AvgIpc) is 2.61. The predicted octanol–water partition coefficient (Wildman–Crippen LogP) is 2.61. The fraction of sp³-hybridized carbons (Fsp3) is 0.438. The number of aliphatic imine (C=N–C) groups is 1. The monoisotopic (exact) mass is 350 g/mol. The van der Waals surface area contributed by atoms with Gasteiger partial charge in [-0.05, 0) is 32.2 Å². The molecule has 0 aliphatic rings. The molecule has 0 heterocycles. The van der Waals surface area contributed by atoms with Crippen molar-refractivity contribution in [2.24, 2.45) is 4.99 Å². The molecule has 130 valence electrons. The molecule has 7 nitrogen and oxygen atoms in total. The van der Waals surface area contributed by atoms with Crippen molar-refractivity contribution in [1.29, 1.82) is 5.26 Å². The van der Waals surface area contributed by atoms with Crippen molar-refractivity contribution < 1.29 is 14.3 Å². The van der Waals surface area contributed by atoms with Crippen LogP contribution in [0.2, 0.25) is 0 Å². The second-order valence-corrected chi connectivity index (χ2v) is 5.36. The summed E-state index contributed by atoms with van der Waals surface area (Å²) in [5.74, 6) is 0.697. The molecule has 0 radical (unpaired) electrons. The number of nitriles is 1. The molecule has 0 atom stereocenters.